The molecule has 2 heterocycles. The highest BCUT2D eigenvalue weighted by Crippen LogP contribution is 2.34. The molecular weight excluding hydrogens is 308 g/mol. The zero-order chi connectivity index (χ0) is 15.4. The number of urea groups is 1. The van der Waals surface area contributed by atoms with Crippen molar-refractivity contribution in [2.45, 2.75) is 25.8 Å². The average Bonchev–Trinajstić information content (AvgIpc) is 2.73. The number of thiophene rings is 1. The predicted molar refractivity (Wildman–Crippen MR) is 84.8 cm³/mol. The van der Waals surface area contributed by atoms with Crippen molar-refractivity contribution in [3.05, 3.63) is 16.8 Å². The standard InChI is InChI=1S/C13H16N4O2S2/c1-4-14-13(19)17-9(18)5-20-11-10-7(2)8(3)21-12(10)16-6-15-11/h6H,4-5H2,1-3H3,(H2,14,17,18,19). The molecule has 6 nitrogen and oxygen atoms in total. The number of hydrogen-bond donors (Lipinski definition) is 2. The van der Waals surface area contributed by atoms with Gasteiger partial charge in [-0.1, -0.05) is 11.8 Å². The highest BCUT2D eigenvalue weighted by molar-refractivity contribution is 8.00. The zero-order valence-corrected chi connectivity index (χ0v) is 13.7. The minimum atomic E-state index is -0.474. The summed E-state index contributed by atoms with van der Waals surface area (Å²) in [6.45, 7) is 6.33. The molecule has 0 bridgehead atoms. The van der Waals surface area contributed by atoms with Gasteiger partial charge in [0.2, 0.25) is 5.91 Å². The van der Waals surface area contributed by atoms with Crippen molar-refractivity contribution < 1.29 is 9.59 Å². The third-order valence-electron chi connectivity index (χ3n) is 2.86. The molecule has 0 atom stereocenters. The van der Waals surface area contributed by atoms with Crippen LogP contribution in [0.5, 0.6) is 0 Å². The largest absolute Gasteiger partial charge is 0.338 e. The average molecular weight is 324 g/mol. The number of aryl methyl sites for hydroxylation is 2. The lowest BCUT2D eigenvalue weighted by molar-refractivity contribution is -0.117. The summed E-state index contributed by atoms with van der Waals surface area (Å²) in [6, 6.07) is -0.474. The molecule has 0 aliphatic carbocycles. The number of carbonyl (C=O) groups excluding carboxylic acids is 2. The second-order valence-electron chi connectivity index (χ2n) is 4.34. The quantitative estimate of drug-likeness (QED) is 0.665. The molecule has 8 heteroatoms. The molecule has 0 radical (unpaired) electrons. The molecule has 0 aliphatic rings. The van der Waals surface area contributed by atoms with Crippen molar-refractivity contribution in [3.63, 3.8) is 0 Å². The third kappa shape index (κ3) is 3.70. The van der Waals surface area contributed by atoms with Gasteiger partial charge in [-0.25, -0.2) is 14.8 Å². The van der Waals surface area contributed by atoms with Crippen molar-refractivity contribution in [2.24, 2.45) is 0 Å². The van der Waals surface area contributed by atoms with Crippen LogP contribution in [0.2, 0.25) is 0 Å². The number of fused-ring (bicyclic) bond motifs is 1. The first-order valence-corrected chi connectivity index (χ1v) is 8.24. The molecule has 2 aromatic rings. The first-order valence-electron chi connectivity index (χ1n) is 6.44. The zero-order valence-electron chi connectivity index (χ0n) is 12.0. The Morgan fingerprint density at radius 3 is 2.81 bits per heavy atom. The van der Waals surface area contributed by atoms with Crippen LogP contribution in [0.15, 0.2) is 11.4 Å². The SMILES string of the molecule is CCNC(=O)NC(=O)CSc1ncnc2sc(C)c(C)c12. The van der Waals surface area contributed by atoms with Gasteiger partial charge in [0.25, 0.3) is 0 Å². The van der Waals surface area contributed by atoms with Gasteiger partial charge in [0.15, 0.2) is 0 Å². The van der Waals surface area contributed by atoms with Crippen LogP contribution >= 0.6 is 23.1 Å². The maximum absolute atomic E-state index is 11.7. The van der Waals surface area contributed by atoms with E-state index in [0.29, 0.717) is 6.54 Å². The second kappa shape index (κ2) is 6.86. The minimum absolute atomic E-state index is 0.136. The Morgan fingerprint density at radius 2 is 2.10 bits per heavy atom. The molecule has 2 rings (SSSR count). The summed E-state index contributed by atoms with van der Waals surface area (Å²) >= 11 is 2.92. The van der Waals surface area contributed by atoms with E-state index in [1.807, 2.05) is 13.8 Å². The first-order chi connectivity index (χ1) is 10.0. The van der Waals surface area contributed by atoms with Crippen molar-refractivity contribution in [2.75, 3.05) is 12.3 Å². The van der Waals surface area contributed by atoms with E-state index in [1.54, 1.807) is 18.3 Å². The van der Waals surface area contributed by atoms with Gasteiger partial charge in [-0.3, -0.25) is 10.1 Å². The number of nitrogens with zero attached hydrogens (tertiary/aromatic N) is 2. The number of amides is 3. The van der Waals surface area contributed by atoms with E-state index in [4.69, 9.17) is 0 Å². The van der Waals surface area contributed by atoms with Gasteiger partial charge in [-0.2, -0.15) is 0 Å². The number of nitrogens with one attached hydrogen (secondary N) is 2. The Kier molecular flexibility index (Phi) is 5.13. The summed E-state index contributed by atoms with van der Waals surface area (Å²) in [5.74, 6) is -0.209. The van der Waals surface area contributed by atoms with Crippen LogP contribution in [0.4, 0.5) is 4.79 Å². The monoisotopic (exact) mass is 324 g/mol. The van der Waals surface area contributed by atoms with Gasteiger partial charge in [-0.05, 0) is 26.3 Å². The normalized spacial score (nSPS) is 10.6. The Bertz CT molecular complexity index is 684. The van der Waals surface area contributed by atoms with E-state index in [2.05, 4.69) is 20.6 Å². The van der Waals surface area contributed by atoms with Crippen LogP contribution in [0, 0.1) is 13.8 Å². The Labute approximate surface area is 130 Å². The Morgan fingerprint density at radius 1 is 1.33 bits per heavy atom. The van der Waals surface area contributed by atoms with E-state index in [9.17, 15) is 9.59 Å². The molecule has 0 aliphatic heterocycles. The molecule has 0 aromatic carbocycles. The maximum Gasteiger partial charge on any atom is 0.321 e. The highest BCUT2D eigenvalue weighted by atomic mass is 32.2. The van der Waals surface area contributed by atoms with Gasteiger partial charge in [0.1, 0.15) is 16.2 Å². The molecule has 2 N–H and O–H groups in total. The fourth-order valence-electron chi connectivity index (χ4n) is 1.76. The van der Waals surface area contributed by atoms with Gasteiger partial charge in [-0.15, -0.1) is 11.3 Å². The van der Waals surface area contributed by atoms with E-state index >= 15 is 0 Å². The van der Waals surface area contributed by atoms with Crippen molar-refractivity contribution in [1.82, 2.24) is 20.6 Å². The second-order valence-corrected chi connectivity index (χ2v) is 6.51. The third-order valence-corrected chi connectivity index (χ3v) is 4.97. The summed E-state index contributed by atoms with van der Waals surface area (Å²) in [5.41, 5.74) is 1.14. The van der Waals surface area contributed by atoms with Crippen molar-refractivity contribution in [3.8, 4) is 0 Å². The van der Waals surface area contributed by atoms with Crippen LogP contribution in [0.25, 0.3) is 10.2 Å². The predicted octanol–water partition coefficient (Wildman–Crippen LogP) is 2.25. The van der Waals surface area contributed by atoms with Crippen molar-refractivity contribution >= 4 is 45.3 Å². The summed E-state index contributed by atoms with van der Waals surface area (Å²) in [5, 5.41) is 6.55. The van der Waals surface area contributed by atoms with Crippen LogP contribution in [-0.2, 0) is 4.79 Å². The molecule has 3 amide bonds. The number of aromatic nitrogens is 2. The minimum Gasteiger partial charge on any atom is -0.338 e. The highest BCUT2D eigenvalue weighted by Gasteiger charge is 2.14. The van der Waals surface area contributed by atoms with Gasteiger partial charge in [0.05, 0.1) is 5.75 Å². The van der Waals surface area contributed by atoms with E-state index in [1.165, 1.54) is 23.0 Å². The molecule has 0 spiro atoms. The molecule has 0 saturated carbocycles. The van der Waals surface area contributed by atoms with Crippen molar-refractivity contribution in [1.29, 1.82) is 0 Å². The number of imide groups is 1. The number of thioether (sulfide) groups is 1. The lowest BCUT2D eigenvalue weighted by atomic mass is 10.2. The topological polar surface area (TPSA) is 84.0 Å². The summed E-state index contributed by atoms with van der Waals surface area (Å²) < 4.78 is 0. The van der Waals surface area contributed by atoms with E-state index < -0.39 is 6.03 Å². The lowest BCUT2D eigenvalue weighted by Crippen LogP contribution is -2.40. The van der Waals surface area contributed by atoms with E-state index in [0.717, 1.165) is 20.8 Å². The van der Waals surface area contributed by atoms with Crippen LogP contribution in [-0.4, -0.2) is 34.2 Å². The Hall–Kier alpha value is -1.67. The molecule has 21 heavy (non-hydrogen) atoms. The molecule has 2 aromatic heterocycles. The summed E-state index contributed by atoms with van der Waals surface area (Å²) in [4.78, 5) is 33.6. The van der Waals surface area contributed by atoms with Gasteiger partial charge >= 0.3 is 6.03 Å². The molecular formula is C13H16N4O2S2. The molecule has 0 unspecified atom stereocenters. The number of rotatable bonds is 4. The van der Waals surface area contributed by atoms with E-state index in [-0.39, 0.29) is 11.7 Å². The van der Waals surface area contributed by atoms with Gasteiger partial charge < -0.3 is 5.32 Å². The fraction of sp³-hybridized carbons (Fsp3) is 0.385. The Balaban J connectivity index is 2.07. The molecule has 112 valence electrons. The maximum atomic E-state index is 11.7. The smallest absolute Gasteiger partial charge is 0.321 e. The molecule has 0 saturated heterocycles. The number of carbonyl (C=O) groups is 2. The fourth-order valence-corrected chi connectivity index (χ4v) is 3.68. The summed E-state index contributed by atoms with van der Waals surface area (Å²) in [6.07, 6.45) is 1.50. The van der Waals surface area contributed by atoms with Crippen LogP contribution < -0.4 is 10.6 Å². The first kappa shape index (κ1) is 15.7. The summed E-state index contributed by atoms with van der Waals surface area (Å²) in [7, 11) is 0. The molecule has 0 fully saturated rings. The van der Waals surface area contributed by atoms with Crippen LogP contribution in [0.1, 0.15) is 17.4 Å². The van der Waals surface area contributed by atoms with Gasteiger partial charge in [0, 0.05) is 16.8 Å². The van der Waals surface area contributed by atoms with Crippen LogP contribution in [0.3, 0.4) is 0 Å². The number of hydrogen-bond acceptors (Lipinski definition) is 6. The lowest BCUT2D eigenvalue weighted by Gasteiger charge is -2.05.